The van der Waals surface area contributed by atoms with E-state index in [1.807, 2.05) is 30.3 Å². The van der Waals surface area contributed by atoms with E-state index >= 15 is 0 Å². The molecule has 0 fully saturated rings. The third-order valence-electron chi connectivity index (χ3n) is 3.92. The lowest BCUT2D eigenvalue weighted by Gasteiger charge is -2.19. The van der Waals surface area contributed by atoms with E-state index in [1.54, 1.807) is 44.3 Å². The second-order valence-electron chi connectivity index (χ2n) is 7.02. The van der Waals surface area contributed by atoms with Crippen LogP contribution in [0.1, 0.15) is 25.1 Å². The predicted molar refractivity (Wildman–Crippen MR) is 111 cm³/mol. The average molecular weight is 390 g/mol. The SMILES string of the molecule is COc1cc(-n2ccc(C#Cc3ccccc3)nc2=O)ccc1OCC(C)(C)O. The van der Waals surface area contributed by atoms with Crippen LogP contribution in [0.2, 0.25) is 0 Å². The van der Waals surface area contributed by atoms with Gasteiger partial charge in [0.2, 0.25) is 0 Å². The predicted octanol–water partition coefficient (Wildman–Crippen LogP) is 2.79. The molecule has 6 heteroatoms. The van der Waals surface area contributed by atoms with Gasteiger partial charge in [0, 0.05) is 17.8 Å². The monoisotopic (exact) mass is 390 g/mol. The number of rotatable bonds is 5. The van der Waals surface area contributed by atoms with E-state index in [1.165, 1.54) is 11.7 Å². The molecule has 29 heavy (non-hydrogen) atoms. The van der Waals surface area contributed by atoms with Crippen LogP contribution in [0.3, 0.4) is 0 Å². The van der Waals surface area contributed by atoms with E-state index in [-0.39, 0.29) is 6.61 Å². The van der Waals surface area contributed by atoms with Gasteiger partial charge in [-0.15, -0.1) is 0 Å². The Morgan fingerprint density at radius 3 is 2.48 bits per heavy atom. The molecule has 0 bridgehead atoms. The van der Waals surface area contributed by atoms with Crippen molar-refractivity contribution in [1.82, 2.24) is 9.55 Å². The molecular weight excluding hydrogens is 368 g/mol. The van der Waals surface area contributed by atoms with E-state index in [0.717, 1.165) is 5.56 Å². The fourth-order valence-corrected chi connectivity index (χ4v) is 2.51. The fraction of sp³-hybridized carbons (Fsp3) is 0.217. The van der Waals surface area contributed by atoms with Crippen molar-refractivity contribution in [3.05, 3.63) is 82.5 Å². The molecule has 1 heterocycles. The molecular formula is C23H22N2O4. The van der Waals surface area contributed by atoms with Gasteiger partial charge in [0.05, 0.1) is 18.4 Å². The summed E-state index contributed by atoms with van der Waals surface area (Å²) in [6, 6.07) is 16.3. The molecule has 1 aromatic heterocycles. The lowest BCUT2D eigenvalue weighted by Crippen LogP contribution is -2.28. The molecule has 6 nitrogen and oxygen atoms in total. The molecule has 0 unspecified atom stereocenters. The van der Waals surface area contributed by atoms with E-state index < -0.39 is 11.3 Å². The first-order valence-electron chi connectivity index (χ1n) is 9.06. The average Bonchev–Trinajstić information content (AvgIpc) is 2.71. The van der Waals surface area contributed by atoms with Crippen LogP contribution in [0.25, 0.3) is 5.69 Å². The third-order valence-corrected chi connectivity index (χ3v) is 3.92. The fourth-order valence-electron chi connectivity index (χ4n) is 2.51. The Morgan fingerprint density at radius 2 is 1.83 bits per heavy atom. The molecule has 0 amide bonds. The first-order chi connectivity index (χ1) is 13.9. The van der Waals surface area contributed by atoms with Crippen molar-refractivity contribution in [3.8, 4) is 29.0 Å². The molecule has 0 aliphatic carbocycles. The summed E-state index contributed by atoms with van der Waals surface area (Å²) in [5.41, 5.74) is 0.410. The zero-order valence-corrected chi connectivity index (χ0v) is 16.5. The molecule has 0 radical (unpaired) electrons. The van der Waals surface area contributed by atoms with E-state index in [4.69, 9.17) is 9.47 Å². The molecule has 0 saturated carbocycles. The summed E-state index contributed by atoms with van der Waals surface area (Å²) in [5.74, 6) is 6.81. The van der Waals surface area contributed by atoms with Crippen LogP contribution in [0.5, 0.6) is 11.5 Å². The van der Waals surface area contributed by atoms with Gasteiger partial charge in [-0.05, 0) is 50.1 Å². The molecule has 1 N–H and O–H groups in total. The number of hydrogen-bond acceptors (Lipinski definition) is 5. The molecule has 0 spiro atoms. The summed E-state index contributed by atoms with van der Waals surface area (Å²) in [6.45, 7) is 3.42. The van der Waals surface area contributed by atoms with E-state index in [0.29, 0.717) is 22.9 Å². The summed E-state index contributed by atoms with van der Waals surface area (Å²) in [5, 5.41) is 9.82. The third kappa shape index (κ3) is 5.47. The second kappa shape index (κ2) is 8.63. The number of aromatic nitrogens is 2. The van der Waals surface area contributed by atoms with Crippen molar-refractivity contribution in [2.45, 2.75) is 19.4 Å². The van der Waals surface area contributed by atoms with Crippen molar-refractivity contribution in [2.24, 2.45) is 0 Å². The Balaban J connectivity index is 1.85. The van der Waals surface area contributed by atoms with Crippen LogP contribution >= 0.6 is 0 Å². The standard InChI is InChI=1S/C23H22N2O4/c1-23(2,27)16-29-20-12-11-19(15-21(20)28-3)25-14-13-18(24-22(25)26)10-9-17-7-5-4-6-8-17/h4-8,11-15,27H,16H2,1-3H3. The number of aliphatic hydroxyl groups is 1. The van der Waals surface area contributed by atoms with Crippen molar-refractivity contribution < 1.29 is 14.6 Å². The molecule has 0 aliphatic rings. The summed E-state index contributed by atoms with van der Waals surface area (Å²) in [7, 11) is 1.51. The number of nitrogens with zero attached hydrogens (tertiary/aromatic N) is 2. The Kier molecular flexibility index (Phi) is 6.01. The normalized spacial score (nSPS) is 10.8. The van der Waals surface area contributed by atoms with E-state index in [9.17, 15) is 9.90 Å². The van der Waals surface area contributed by atoms with E-state index in [2.05, 4.69) is 16.8 Å². The van der Waals surface area contributed by atoms with Crippen LogP contribution in [-0.2, 0) is 0 Å². The largest absolute Gasteiger partial charge is 0.493 e. The maximum absolute atomic E-state index is 12.5. The Labute approximate surface area is 169 Å². The number of methoxy groups -OCH3 is 1. The van der Waals surface area contributed by atoms with Crippen molar-refractivity contribution in [3.63, 3.8) is 0 Å². The lowest BCUT2D eigenvalue weighted by atomic mass is 10.2. The summed E-state index contributed by atoms with van der Waals surface area (Å²) in [6.07, 6.45) is 1.62. The number of benzene rings is 2. The van der Waals surface area contributed by atoms with Gasteiger partial charge >= 0.3 is 5.69 Å². The summed E-state index contributed by atoms with van der Waals surface area (Å²) in [4.78, 5) is 16.5. The van der Waals surface area contributed by atoms with Gasteiger partial charge in [-0.3, -0.25) is 4.57 Å². The topological polar surface area (TPSA) is 73.6 Å². The molecule has 148 valence electrons. The van der Waals surface area contributed by atoms with Gasteiger partial charge in [0.1, 0.15) is 12.3 Å². The molecule has 0 saturated heterocycles. The molecule has 0 aliphatic heterocycles. The number of hydrogen-bond donors (Lipinski definition) is 1. The number of ether oxygens (including phenoxy) is 2. The highest BCUT2D eigenvalue weighted by Gasteiger charge is 2.16. The van der Waals surface area contributed by atoms with Crippen LogP contribution in [0.15, 0.2) is 65.6 Å². The minimum atomic E-state index is -0.971. The van der Waals surface area contributed by atoms with Crippen molar-refractivity contribution >= 4 is 0 Å². The van der Waals surface area contributed by atoms with Gasteiger partial charge in [-0.2, -0.15) is 4.98 Å². The maximum Gasteiger partial charge on any atom is 0.353 e. The van der Waals surface area contributed by atoms with Crippen LogP contribution < -0.4 is 15.2 Å². The Bertz CT molecular complexity index is 1100. The highest BCUT2D eigenvalue weighted by molar-refractivity contribution is 5.49. The molecule has 3 aromatic rings. The van der Waals surface area contributed by atoms with Gasteiger partial charge in [0.15, 0.2) is 11.5 Å². The molecule has 0 atom stereocenters. The minimum Gasteiger partial charge on any atom is -0.493 e. The smallest absolute Gasteiger partial charge is 0.353 e. The summed E-state index contributed by atoms with van der Waals surface area (Å²) < 4.78 is 12.4. The van der Waals surface area contributed by atoms with Gasteiger partial charge in [0.25, 0.3) is 0 Å². The van der Waals surface area contributed by atoms with Gasteiger partial charge in [-0.1, -0.05) is 24.1 Å². The van der Waals surface area contributed by atoms with Crippen LogP contribution in [0.4, 0.5) is 0 Å². The summed E-state index contributed by atoms with van der Waals surface area (Å²) >= 11 is 0. The van der Waals surface area contributed by atoms with Crippen molar-refractivity contribution in [1.29, 1.82) is 0 Å². The highest BCUT2D eigenvalue weighted by Crippen LogP contribution is 2.29. The van der Waals surface area contributed by atoms with Gasteiger partial charge in [-0.25, -0.2) is 4.79 Å². The minimum absolute atomic E-state index is 0.110. The highest BCUT2D eigenvalue weighted by atomic mass is 16.5. The Hall–Kier alpha value is -3.56. The first-order valence-corrected chi connectivity index (χ1v) is 9.06. The lowest BCUT2D eigenvalue weighted by molar-refractivity contribution is 0.0276. The Morgan fingerprint density at radius 1 is 1.07 bits per heavy atom. The zero-order chi connectivity index (χ0) is 20.9. The van der Waals surface area contributed by atoms with Gasteiger partial charge < -0.3 is 14.6 Å². The first kappa shape index (κ1) is 20.2. The molecule has 3 rings (SSSR count). The molecule has 2 aromatic carbocycles. The van der Waals surface area contributed by atoms with Crippen LogP contribution in [0, 0.1) is 11.8 Å². The second-order valence-corrected chi connectivity index (χ2v) is 7.02. The maximum atomic E-state index is 12.5. The quantitative estimate of drug-likeness (QED) is 0.678. The van der Waals surface area contributed by atoms with Crippen LogP contribution in [-0.4, -0.2) is 34.0 Å². The zero-order valence-electron chi connectivity index (χ0n) is 16.5. The van der Waals surface area contributed by atoms with Crippen molar-refractivity contribution in [2.75, 3.05) is 13.7 Å².